The maximum Gasteiger partial charge on any atom is 0.243 e. The van der Waals surface area contributed by atoms with E-state index < -0.39 is 10.0 Å². The van der Waals surface area contributed by atoms with Gasteiger partial charge in [-0.1, -0.05) is 29.8 Å². The smallest absolute Gasteiger partial charge is 0.243 e. The van der Waals surface area contributed by atoms with Crippen molar-refractivity contribution in [2.45, 2.75) is 17.7 Å². The summed E-state index contributed by atoms with van der Waals surface area (Å²) in [4.78, 5) is 12.5. The molecule has 6 heteroatoms. The third-order valence-electron chi connectivity index (χ3n) is 4.14. The highest BCUT2D eigenvalue weighted by atomic mass is 35.5. The van der Waals surface area contributed by atoms with Crippen LogP contribution >= 0.6 is 11.6 Å². The van der Waals surface area contributed by atoms with Crippen LogP contribution in [-0.2, 0) is 10.0 Å². The molecule has 0 radical (unpaired) electrons. The first-order valence-electron chi connectivity index (χ1n) is 8.05. The Bertz CT molecular complexity index is 881. The van der Waals surface area contributed by atoms with Gasteiger partial charge in [0, 0.05) is 23.7 Å². The van der Waals surface area contributed by atoms with Gasteiger partial charge in [-0.25, -0.2) is 8.42 Å². The molecule has 1 heterocycles. The number of benzene rings is 2. The molecular formula is C19H18ClNO3S. The van der Waals surface area contributed by atoms with Crippen molar-refractivity contribution in [1.29, 1.82) is 0 Å². The van der Waals surface area contributed by atoms with Crippen molar-refractivity contribution in [3.05, 3.63) is 70.8 Å². The first-order chi connectivity index (χ1) is 12.0. The fourth-order valence-corrected chi connectivity index (χ4v) is 4.35. The minimum atomic E-state index is -3.45. The fourth-order valence-electron chi connectivity index (χ4n) is 2.71. The van der Waals surface area contributed by atoms with Crippen molar-refractivity contribution in [3.8, 4) is 0 Å². The second kappa shape index (κ2) is 7.52. The Hall–Kier alpha value is -1.95. The molecule has 1 aliphatic heterocycles. The molecule has 1 fully saturated rings. The van der Waals surface area contributed by atoms with E-state index in [1.807, 2.05) is 12.1 Å². The number of halogens is 1. The van der Waals surface area contributed by atoms with Gasteiger partial charge in [-0.3, -0.25) is 4.79 Å². The number of ketones is 1. The second-order valence-corrected chi connectivity index (χ2v) is 8.26. The van der Waals surface area contributed by atoms with Crippen LogP contribution in [0.4, 0.5) is 0 Å². The quantitative estimate of drug-likeness (QED) is 0.585. The normalized spacial score (nSPS) is 15.7. The Morgan fingerprint density at radius 1 is 0.960 bits per heavy atom. The monoisotopic (exact) mass is 375 g/mol. The van der Waals surface area contributed by atoms with Gasteiger partial charge in [0.15, 0.2) is 5.78 Å². The van der Waals surface area contributed by atoms with Crippen molar-refractivity contribution in [2.75, 3.05) is 13.1 Å². The number of hydrogen-bond donors (Lipinski definition) is 0. The Morgan fingerprint density at radius 2 is 1.56 bits per heavy atom. The van der Waals surface area contributed by atoms with E-state index in [0.717, 1.165) is 18.4 Å². The maximum absolute atomic E-state index is 12.5. The first kappa shape index (κ1) is 17.9. The molecule has 0 saturated carbocycles. The third kappa shape index (κ3) is 4.18. The number of rotatable bonds is 5. The van der Waals surface area contributed by atoms with Gasteiger partial charge in [-0.05, 0) is 60.9 Å². The van der Waals surface area contributed by atoms with Crippen LogP contribution in [-0.4, -0.2) is 31.6 Å². The van der Waals surface area contributed by atoms with E-state index in [1.54, 1.807) is 30.3 Å². The Balaban J connectivity index is 1.73. The van der Waals surface area contributed by atoms with Gasteiger partial charge in [0.1, 0.15) is 0 Å². The molecule has 0 amide bonds. The molecule has 4 nitrogen and oxygen atoms in total. The molecule has 25 heavy (non-hydrogen) atoms. The predicted octanol–water partition coefficient (Wildman–Crippen LogP) is 4.02. The molecule has 0 atom stereocenters. The third-order valence-corrected chi connectivity index (χ3v) is 6.30. The largest absolute Gasteiger partial charge is 0.289 e. The molecular weight excluding hydrogens is 358 g/mol. The van der Waals surface area contributed by atoms with Crippen molar-refractivity contribution < 1.29 is 13.2 Å². The minimum Gasteiger partial charge on any atom is -0.289 e. The summed E-state index contributed by atoms with van der Waals surface area (Å²) in [5, 5.41) is 0.637. The van der Waals surface area contributed by atoms with Gasteiger partial charge in [0.05, 0.1) is 4.90 Å². The lowest BCUT2D eigenvalue weighted by Gasteiger charge is -2.15. The van der Waals surface area contributed by atoms with Gasteiger partial charge in [-0.15, -0.1) is 0 Å². The van der Waals surface area contributed by atoms with E-state index >= 15 is 0 Å². The summed E-state index contributed by atoms with van der Waals surface area (Å²) < 4.78 is 26.4. The number of carbonyl (C=O) groups excluding carboxylic acids is 1. The maximum atomic E-state index is 12.5. The predicted molar refractivity (Wildman–Crippen MR) is 99.3 cm³/mol. The average Bonchev–Trinajstić information content (AvgIpc) is 3.16. The van der Waals surface area contributed by atoms with Gasteiger partial charge in [0.2, 0.25) is 10.0 Å². The number of nitrogens with zero attached hydrogens (tertiary/aromatic N) is 1. The summed E-state index contributed by atoms with van der Waals surface area (Å²) in [5.74, 6) is -0.180. The number of hydrogen-bond acceptors (Lipinski definition) is 3. The zero-order chi connectivity index (χ0) is 17.9. The Morgan fingerprint density at radius 3 is 2.16 bits per heavy atom. The van der Waals surface area contributed by atoms with E-state index in [4.69, 9.17) is 11.6 Å². The van der Waals surface area contributed by atoms with Crippen LogP contribution in [0.2, 0.25) is 5.02 Å². The topological polar surface area (TPSA) is 54.5 Å². The zero-order valence-corrected chi connectivity index (χ0v) is 15.1. The summed E-state index contributed by atoms with van der Waals surface area (Å²) in [7, 11) is -3.45. The van der Waals surface area contributed by atoms with Crippen LogP contribution in [0.5, 0.6) is 0 Å². The molecule has 1 aliphatic rings. The number of carbonyl (C=O) groups is 1. The van der Waals surface area contributed by atoms with Gasteiger partial charge in [-0.2, -0.15) is 4.31 Å². The highest BCUT2D eigenvalue weighted by Gasteiger charge is 2.26. The lowest BCUT2D eigenvalue weighted by molar-refractivity contribution is 0.104. The summed E-state index contributed by atoms with van der Waals surface area (Å²) in [6.45, 7) is 1.12. The lowest BCUT2D eigenvalue weighted by Crippen LogP contribution is -2.27. The van der Waals surface area contributed by atoms with Crippen LogP contribution in [0.25, 0.3) is 6.08 Å². The lowest BCUT2D eigenvalue weighted by atomic mass is 10.1. The molecule has 0 unspecified atom stereocenters. The van der Waals surface area contributed by atoms with E-state index in [2.05, 4.69) is 0 Å². The van der Waals surface area contributed by atoms with Crippen LogP contribution < -0.4 is 0 Å². The second-order valence-electron chi connectivity index (χ2n) is 5.88. The van der Waals surface area contributed by atoms with Crippen LogP contribution in [0.15, 0.2) is 59.5 Å². The highest BCUT2D eigenvalue weighted by molar-refractivity contribution is 7.89. The molecule has 0 aliphatic carbocycles. The van der Waals surface area contributed by atoms with Crippen LogP contribution in [0, 0.1) is 0 Å². The van der Waals surface area contributed by atoms with Crippen molar-refractivity contribution in [3.63, 3.8) is 0 Å². The molecule has 0 spiro atoms. The molecule has 0 N–H and O–H groups in total. The van der Waals surface area contributed by atoms with Crippen molar-refractivity contribution in [2.24, 2.45) is 0 Å². The summed E-state index contributed by atoms with van der Waals surface area (Å²) in [6.07, 6.45) is 4.96. The SMILES string of the molecule is O=C(C=Cc1ccc(Cl)cc1)c1ccc(S(=O)(=O)N2CCCC2)cc1. The number of sulfonamides is 1. The minimum absolute atomic E-state index is 0.180. The summed E-state index contributed by atoms with van der Waals surface area (Å²) in [6, 6.07) is 13.2. The molecule has 0 bridgehead atoms. The zero-order valence-electron chi connectivity index (χ0n) is 13.6. The van der Waals surface area contributed by atoms with Gasteiger partial charge >= 0.3 is 0 Å². The summed E-state index contributed by atoms with van der Waals surface area (Å²) >= 11 is 5.83. The van der Waals surface area contributed by atoms with E-state index in [0.29, 0.717) is 23.7 Å². The highest BCUT2D eigenvalue weighted by Crippen LogP contribution is 2.21. The Labute approximate surface area is 152 Å². The summed E-state index contributed by atoms with van der Waals surface area (Å²) in [5.41, 5.74) is 1.32. The van der Waals surface area contributed by atoms with E-state index in [1.165, 1.54) is 22.5 Å². The number of allylic oxidation sites excluding steroid dienone is 1. The van der Waals surface area contributed by atoms with Gasteiger partial charge in [0.25, 0.3) is 0 Å². The Kier molecular flexibility index (Phi) is 5.37. The molecule has 3 rings (SSSR count). The van der Waals surface area contributed by atoms with E-state index in [-0.39, 0.29) is 10.7 Å². The molecule has 2 aromatic carbocycles. The average molecular weight is 376 g/mol. The first-order valence-corrected chi connectivity index (χ1v) is 9.87. The fraction of sp³-hybridized carbons (Fsp3) is 0.211. The molecule has 2 aromatic rings. The molecule has 0 aromatic heterocycles. The van der Waals surface area contributed by atoms with Crippen LogP contribution in [0.3, 0.4) is 0 Å². The van der Waals surface area contributed by atoms with Crippen molar-refractivity contribution in [1.82, 2.24) is 4.31 Å². The van der Waals surface area contributed by atoms with E-state index in [9.17, 15) is 13.2 Å². The molecule has 130 valence electrons. The molecule has 1 saturated heterocycles. The van der Waals surface area contributed by atoms with Crippen molar-refractivity contribution >= 4 is 33.5 Å². The standard InChI is InChI=1S/C19H18ClNO3S/c20-17-8-3-15(4-9-17)5-12-19(22)16-6-10-18(11-7-16)25(23,24)21-13-1-2-14-21/h3-12H,1-2,13-14H2. The van der Waals surface area contributed by atoms with Crippen LogP contribution in [0.1, 0.15) is 28.8 Å². The van der Waals surface area contributed by atoms with Gasteiger partial charge < -0.3 is 0 Å².